The average molecular weight is 244 g/mol. The van der Waals surface area contributed by atoms with E-state index in [-0.39, 0.29) is 12.0 Å². The first-order valence-electron chi connectivity index (χ1n) is 6.18. The lowest BCUT2D eigenvalue weighted by Crippen LogP contribution is -2.30. The number of aliphatic carboxylic acids is 1. The van der Waals surface area contributed by atoms with Crippen molar-refractivity contribution in [3.05, 3.63) is 29.8 Å². The highest BCUT2D eigenvalue weighted by Gasteiger charge is 2.26. The molecule has 0 bridgehead atoms. The van der Waals surface area contributed by atoms with Crippen molar-refractivity contribution in [3.8, 4) is 6.07 Å². The lowest BCUT2D eigenvalue weighted by atomic mass is 9.85. The first-order chi connectivity index (χ1) is 8.69. The number of hydrogen-bond donors (Lipinski definition) is 2. The van der Waals surface area contributed by atoms with Gasteiger partial charge in [0.2, 0.25) is 0 Å². The summed E-state index contributed by atoms with van der Waals surface area (Å²) in [5.74, 6) is -0.942. The van der Waals surface area contributed by atoms with E-state index >= 15 is 0 Å². The lowest BCUT2D eigenvalue weighted by Gasteiger charge is -2.28. The average Bonchev–Trinajstić information content (AvgIpc) is 2.39. The number of hydrogen-bond acceptors (Lipinski definition) is 3. The van der Waals surface area contributed by atoms with Crippen molar-refractivity contribution >= 4 is 11.7 Å². The van der Waals surface area contributed by atoms with E-state index in [0.29, 0.717) is 12.0 Å². The highest BCUT2D eigenvalue weighted by molar-refractivity contribution is 5.70. The third-order valence-corrected chi connectivity index (χ3v) is 3.39. The molecule has 1 saturated carbocycles. The first-order valence-corrected chi connectivity index (χ1v) is 6.18. The van der Waals surface area contributed by atoms with Gasteiger partial charge < -0.3 is 10.4 Å². The van der Waals surface area contributed by atoms with Crippen LogP contribution in [0.1, 0.15) is 31.2 Å². The van der Waals surface area contributed by atoms with Gasteiger partial charge in [-0.15, -0.1) is 0 Å². The molecule has 0 spiro atoms. The second kappa shape index (κ2) is 5.54. The van der Waals surface area contributed by atoms with Gasteiger partial charge in [0.05, 0.1) is 17.6 Å². The van der Waals surface area contributed by atoms with Crippen molar-refractivity contribution < 1.29 is 9.90 Å². The Kier molecular flexibility index (Phi) is 3.83. The fourth-order valence-corrected chi connectivity index (χ4v) is 2.46. The van der Waals surface area contributed by atoms with Gasteiger partial charge in [-0.05, 0) is 37.5 Å². The summed E-state index contributed by atoms with van der Waals surface area (Å²) in [7, 11) is 0. The second-order valence-electron chi connectivity index (χ2n) is 4.74. The maximum absolute atomic E-state index is 11.0. The van der Waals surface area contributed by atoms with Gasteiger partial charge >= 0.3 is 5.97 Å². The molecule has 0 saturated heterocycles. The number of rotatable bonds is 3. The first kappa shape index (κ1) is 12.4. The number of carbonyl (C=O) groups is 1. The predicted octanol–water partition coefficient (Wildman–Crippen LogP) is 2.61. The van der Waals surface area contributed by atoms with Crippen molar-refractivity contribution in [1.29, 1.82) is 5.26 Å². The van der Waals surface area contributed by atoms with E-state index in [1.54, 1.807) is 12.1 Å². The molecule has 1 aliphatic rings. The van der Waals surface area contributed by atoms with E-state index in [9.17, 15) is 4.79 Å². The van der Waals surface area contributed by atoms with Gasteiger partial charge in [-0.2, -0.15) is 5.26 Å². The molecule has 0 aliphatic heterocycles. The zero-order valence-corrected chi connectivity index (χ0v) is 10.1. The largest absolute Gasteiger partial charge is 0.481 e. The molecule has 94 valence electrons. The van der Waals surface area contributed by atoms with Crippen molar-refractivity contribution in [2.45, 2.75) is 31.7 Å². The molecule has 0 radical (unpaired) electrons. The summed E-state index contributed by atoms with van der Waals surface area (Å²) in [6.07, 6.45) is 3.35. The van der Waals surface area contributed by atoms with Gasteiger partial charge in [0.15, 0.2) is 0 Å². The summed E-state index contributed by atoms with van der Waals surface area (Å²) in [6.45, 7) is 0. The summed E-state index contributed by atoms with van der Waals surface area (Å²) in [5.41, 5.74) is 1.51. The van der Waals surface area contributed by atoms with Gasteiger partial charge in [0.25, 0.3) is 0 Å². The molecule has 0 heterocycles. The zero-order chi connectivity index (χ0) is 13.0. The highest BCUT2D eigenvalue weighted by atomic mass is 16.4. The molecular formula is C14H16N2O2. The number of nitriles is 1. The Bertz CT molecular complexity index is 479. The molecule has 2 unspecified atom stereocenters. The summed E-state index contributed by atoms with van der Waals surface area (Å²) >= 11 is 0. The second-order valence-corrected chi connectivity index (χ2v) is 4.74. The topological polar surface area (TPSA) is 73.1 Å². The molecule has 0 aromatic heterocycles. The van der Waals surface area contributed by atoms with E-state index in [0.717, 1.165) is 24.9 Å². The van der Waals surface area contributed by atoms with Gasteiger partial charge in [0.1, 0.15) is 0 Å². The Morgan fingerprint density at radius 2 is 2.28 bits per heavy atom. The Balaban J connectivity index is 2.00. The molecule has 1 fully saturated rings. The Morgan fingerprint density at radius 1 is 1.44 bits per heavy atom. The molecule has 0 amide bonds. The molecule has 4 heteroatoms. The molecule has 1 aromatic rings. The highest BCUT2D eigenvalue weighted by Crippen LogP contribution is 2.27. The van der Waals surface area contributed by atoms with Crippen LogP contribution in [0.3, 0.4) is 0 Å². The summed E-state index contributed by atoms with van der Waals surface area (Å²) in [4.78, 5) is 11.0. The molecule has 4 nitrogen and oxygen atoms in total. The van der Waals surface area contributed by atoms with Crippen LogP contribution >= 0.6 is 0 Å². The Labute approximate surface area is 106 Å². The van der Waals surface area contributed by atoms with Gasteiger partial charge in [0, 0.05) is 11.7 Å². The van der Waals surface area contributed by atoms with Crippen molar-refractivity contribution in [2.75, 3.05) is 5.32 Å². The van der Waals surface area contributed by atoms with Crippen LogP contribution < -0.4 is 5.32 Å². The van der Waals surface area contributed by atoms with Crippen LogP contribution in [0.5, 0.6) is 0 Å². The van der Waals surface area contributed by atoms with E-state index in [4.69, 9.17) is 10.4 Å². The zero-order valence-electron chi connectivity index (χ0n) is 10.1. The van der Waals surface area contributed by atoms with E-state index in [2.05, 4.69) is 11.4 Å². The van der Waals surface area contributed by atoms with Crippen molar-refractivity contribution in [1.82, 2.24) is 0 Å². The number of nitrogens with one attached hydrogen (secondary N) is 1. The molecule has 2 rings (SSSR count). The molecule has 1 aromatic carbocycles. The Morgan fingerprint density at radius 3 is 3.00 bits per heavy atom. The Hall–Kier alpha value is -2.02. The van der Waals surface area contributed by atoms with Crippen LogP contribution in [0.4, 0.5) is 5.69 Å². The quantitative estimate of drug-likeness (QED) is 0.857. The van der Waals surface area contributed by atoms with Crippen LogP contribution in [0.25, 0.3) is 0 Å². The molecule has 1 aliphatic carbocycles. The van der Waals surface area contributed by atoms with Gasteiger partial charge in [-0.1, -0.05) is 12.5 Å². The van der Waals surface area contributed by atoms with Gasteiger partial charge in [-0.3, -0.25) is 4.79 Å². The number of carboxylic acid groups (broad SMARTS) is 1. The SMILES string of the molecule is N#Cc1cccc(NC2CCCC(C(=O)O)C2)c1. The fourth-order valence-electron chi connectivity index (χ4n) is 2.46. The number of nitrogens with zero attached hydrogens (tertiary/aromatic N) is 1. The molecule has 2 N–H and O–H groups in total. The van der Waals surface area contributed by atoms with E-state index < -0.39 is 5.97 Å². The standard InChI is InChI=1S/C14H16N2O2/c15-9-10-3-1-5-12(7-10)16-13-6-2-4-11(8-13)14(17)18/h1,3,5,7,11,13,16H,2,4,6,8H2,(H,17,18). The number of anilines is 1. The van der Waals surface area contributed by atoms with Crippen LogP contribution in [-0.4, -0.2) is 17.1 Å². The third kappa shape index (κ3) is 3.01. The minimum absolute atomic E-state index is 0.189. The van der Waals surface area contributed by atoms with Crippen LogP contribution in [-0.2, 0) is 4.79 Å². The fraction of sp³-hybridized carbons (Fsp3) is 0.429. The van der Waals surface area contributed by atoms with Crippen LogP contribution in [0.2, 0.25) is 0 Å². The van der Waals surface area contributed by atoms with Gasteiger partial charge in [-0.25, -0.2) is 0 Å². The maximum atomic E-state index is 11.0. The summed E-state index contributed by atoms with van der Waals surface area (Å²) in [6, 6.07) is 9.58. The molecular weight excluding hydrogens is 228 g/mol. The monoisotopic (exact) mass is 244 g/mol. The lowest BCUT2D eigenvalue weighted by molar-refractivity contribution is -0.142. The van der Waals surface area contributed by atoms with Crippen LogP contribution in [0.15, 0.2) is 24.3 Å². The maximum Gasteiger partial charge on any atom is 0.306 e. The minimum atomic E-state index is -0.702. The minimum Gasteiger partial charge on any atom is -0.481 e. The normalized spacial score (nSPS) is 23.1. The van der Waals surface area contributed by atoms with Crippen molar-refractivity contribution in [3.63, 3.8) is 0 Å². The predicted molar refractivity (Wildman–Crippen MR) is 68.2 cm³/mol. The smallest absolute Gasteiger partial charge is 0.306 e. The van der Waals surface area contributed by atoms with Crippen LogP contribution in [0, 0.1) is 17.2 Å². The summed E-state index contributed by atoms with van der Waals surface area (Å²) < 4.78 is 0. The third-order valence-electron chi connectivity index (χ3n) is 3.39. The molecule has 2 atom stereocenters. The number of benzene rings is 1. The molecule has 18 heavy (non-hydrogen) atoms. The van der Waals surface area contributed by atoms with Crippen molar-refractivity contribution in [2.24, 2.45) is 5.92 Å². The number of carboxylic acids is 1. The van der Waals surface area contributed by atoms with E-state index in [1.807, 2.05) is 12.1 Å². The summed E-state index contributed by atoms with van der Waals surface area (Å²) in [5, 5.41) is 21.2. The van der Waals surface area contributed by atoms with E-state index in [1.165, 1.54) is 0 Å².